The van der Waals surface area contributed by atoms with Crippen LogP contribution in [0.2, 0.25) is 0 Å². The molecule has 0 radical (unpaired) electrons. The number of carboxylic acids is 1. The van der Waals surface area contributed by atoms with Crippen LogP contribution in [0.3, 0.4) is 0 Å². The fourth-order valence-corrected chi connectivity index (χ4v) is 1.98. The SMILES string of the molecule is CNS(=O)(=O)CCNc1cc(OC)ccc1C(=O)O. The average Bonchev–Trinajstić information content (AvgIpc) is 2.38. The van der Waals surface area contributed by atoms with Crippen molar-refractivity contribution in [3.63, 3.8) is 0 Å². The fraction of sp³-hybridized carbons (Fsp3) is 0.364. The van der Waals surface area contributed by atoms with Gasteiger partial charge in [-0.15, -0.1) is 0 Å². The van der Waals surface area contributed by atoms with E-state index in [4.69, 9.17) is 9.84 Å². The number of methoxy groups -OCH3 is 1. The Hall–Kier alpha value is -1.80. The molecule has 0 fully saturated rings. The molecule has 19 heavy (non-hydrogen) atoms. The van der Waals surface area contributed by atoms with Gasteiger partial charge in [0.2, 0.25) is 10.0 Å². The normalized spacial score (nSPS) is 11.1. The van der Waals surface area contributed by atoms with Crippen molar-refractivity contribution in [3.05, 3.63) is 23.8 Å². The van der Waals surface area contributed by atoms with Crippen molar-refractivity contribution in [2.45, 2.75) is 0 Å². The van der Waals surface area contributed by atoms with Crippen LogP contribution in [0.5, 0.6) is 5.75 Å². The summed E-state index contributed by atoms with van der Waals surface area (Å²) in [6.07, 6.45) is 0. The molecule has 0 unspecified atom stereocenters. The standard InChI is InChI=1S/C11H16N2O5S/c1-12-19(16,17)6-5-13-10-7-8(18-2)3-4-9(10)11(14)15/h3-4,7,12-13H,5-6H2,1-2H3,(H,14,15). The number of ether oxygens (including phenoxy) is 1. The minimum atomic E-state index is -3.33. The van der Waals surface area contributed by atoms with Gasteiger partial charge in [0.05, 0.1) is 24.1 Å². The molecule has 0 atom stereocenters. The Kier molecular flexibility index (Phi) is 5.13. The molecule has 0 bridgehead atoms. The van der Waals surface area contributed by atoms with Crippen molar-refractivity contribution in [3.8, 4) is 5.75 Å². The summed E-state index contributed by atoms with van der Waals surface area (Å²) in [4.78, 5) is 11.0. The minimum Gasteiger partial charge on any atom is -0.497 e. The summed E-state index contributed by atoms with van der Waals surface area (Å²) in [5, 5.41) is 11.8. The lowest BCUT2D eigenvalue weighted by atomic mass is 10.1. The van der Waals surface area contributed by atoms with E-state index in [1.54, 1.807) is 0 Å². The van der Waals surface area contributed by atoms with E-state index in [0.29, 0.717) is 11.4 Å². The van der Waals surface area contributed by atoms with Crippen molar-refractivity contribution in [1.82, 2.24) is 4.72 Å². The number of sulfonamides is 1. The molecule has 0 aliphatic rings. The van der Waals surface area contributed by atoms with E-state index in [-0.39, 0.29) is 17.9 Å². The third-order valence-corrected chi connectivity index (χ3v) is 3.82. The number of hydrogen-bond acceptors (Lipinski definition) is 5. The van der Waals surface area contributed by atoms with E-state index in [2.05, 4.69) is 10.0 Å². The first-order valence-corrected chi connectivity index (χ1v) is 7.11. The van der Waals surface area contributed by atoms with Crippen LogP contribution in [-0.4, -0.2) is 45.9 Å². The van der Waals surface area contributed by atoms with Gasteiger partial charge < -0.3 is 15.2 Å². The number of benzene rings is 1. The third-order valence-electron chi connectivity index (χ3n) is 2.45. The molecule has 106 valence electrons. The van der Waals surface area contributed by atoms with Crippen LogP contribution in [0.25, 0.3) is 0 Å². The zero-order valence-electron chi connectivity index (χ0n) is 10.6. The van der Waals surface area contributed by atoms with Crippen molar-refractivity contribution >= 4 is 21.7 Å². The lowest BCUT2D eigenvalue weighted by Crippen LogP contribution is -2.26. The Morgan fingerprint density at radius 2 is 2.11 bits per heavy atom. The van der Waals surface area contributed by atoms with Gasteiger partial charge in [0.25, 0.3) is 0 Å². The molecule has 0 spiro atoms. The largest absolute Gasteiger partial charge is 0.497 e. The number of carboxylic acid groups (broad SMARTS) is 1. The number of aromatic carboxylic acids is 1. The summed E-state index contributed by atoms with van der Waals surface area (Å²) in [6, 6.07) is 4.44. The molecule has 1 rings (SSSR count). The van der Waals surface area contributed by atoms with Crippen LogP contribution < -0.4 is 14.8 Å². The number of anilines is 1. The van der Waals surface area contributed by atoms with E-state index in [1.807, 2.05) is 0 Å². The maximum absolute atomic E-state index is 11.2. The molecule has 0 saturated carbocycles. The molecule has 0 aromatic heterocycles. The van der Waals surface area contributed by atoms with Gasteiger partial charge in [0.1, 0.15) is 5.75 Å². The first kappa shape index (κ1) is 15.3. The number of hydrogen-bond donors (Lipinski definition) is 3. The molecule has 1 aromatic carbocycles. The minimum absolute atomic E-state index is 0.0580. The number of rotatable bonds is 7. The van der Waals surface area contributed by atoms with Gasteiger partial charge in [0, 0.05) is 12.6 Å². The molecule has 1 aromatic rings. The van der Waals surface area contributed by atoms with Gasteiger partial charge in [-0.05, 0) is 19.2 Å². The van der Waals surface area contributed by atoms with E-state index in [1.165, 1.54) is 32.4 Å². The highest BCUT2D eigenvalue weighted by Gasteiger charge is 2.12. The maximum atomic E-state index is 11.2. The molecule has 0 heterocycles. The molecule has 0 aliphatic heterocycles. The smallest absolute Gasteiger partial charge is 0.337 e. The second kappa shape index (κ2) is 6.39. The second-order valence-corrected chi connectivity index (χ2v) is 5.71. The van der Waals surface area contributed by atoms with E-state index < -0.39 is 16.0 Å². The zero-order valence-corrected chi connectivity index (χ0v) is 11.5. The molecule has 7 nitrogen and oxygen atoms in total. The van der Waals surface area contributed by atoms with Gasteiger partial charge >= 0.3 is 5.97 Å². The van der Waals surface area contributed by atoms with Crippen molar-refractivity contribution in [1.29, 1.82) is 0 Å². The second-order valence-electron chi connectivity index (χ2n) is 3.67. The molecule has 0 amide bonds. The molecular weight excluding hydrogens is 272 g/mol. The Bertz CT molecular complexity index is 556. The molecule has 3 N–H and O–H groups in total. The Labute approximate surface area is 111 Å². The molecule has 0 saturated heterocycles. The van der Waals surface area contributed by atoms with Crippen LogP contribution in [0.1, 0.15) is 10.4 Å². The van der Waals surface area contributed by atoms with Crippen LogP contribution >= 0.6 is 0 Å². The highest BCUT2D eigenvalue weighted by atomic mass is 32.2. The molecular formula is C11H16N2O5S. The molecule has 8 heteroatoms. The zero-order chi connectivity index (χ0) is 14.5. The van der Waals surface area contributed by atoms with Crippen LogP contribution in [0, 0.1) is 0 Å². The highest BCUT2D eigenvalue weighted by Crippen LogP contribution is 2.22. The fourth-order valence-electron chi connectivity index (χ4n) is 1.41. The first-order chi connectivity index (χ1) is 8.89. The topological polar surface area (TPSA) is 105 Å². The summed E-state index contributed by atoms with van der Waals surface area (Å²) in [6.45, 7) is 0.0939. The predicted molar refractivity (Wildman–Crippen MR) is 71.3 cm³/mol. The van der Waals surface area contributed by atoms with Crippen LogP contribution in [0.15, 0.2) is 18.2 Å². The van der Waals surface area contributed by atoms with Crippen LogP contribution in [0.4, 0.5) is 5.69 Å². The van der Waals surface area contributed by atoms with Crippen molar-refractivity contribution in [2.24, 2.45) is 0 Å². The average molecular weight is 288 g/mol. The Morgan fingerprint density at radius 3 is 2.63 bits per heavy atom. The monoisotopic (exact) mass is 288 g/mol. The lowest BCUT2D eigenvalue weighted by Gasteiger charge is -2.11. The van der Waals surface area contributed by atoms with E-state index >= 15 is 0 Å². The van der Waals surface area contributed by atoms with Gasteiger partial charge in [-0.1, -0.05) is 0 Å². The Balaban J connectivity index is 2.84. The van der Waals surface area contributed by atoms with Gasteiger partial charge in [0.15, 0.2) is 0 Å². The maximum Gasteiger partial charge on any atom is 0.337 e. The van der Waals surface area contributed by atoms with Gasteiger partial charge in [-0.25, -0.2) is 17.9 Å². The Morgan fingerprint density at radius 1 is 1.42 bits per heavy atom. The molecule has 0 aliphatic carbocycles. The third kappa shape index (κ3) is 4.42. The summed E-state index contributed by atoms with van der Waals surface area (Å²) in [5.74, 6) is -0.759. The van der Waals surface area contributed by atoms with Crippen LogP contribution in [-0.2, 0) is 10.0 Å². The van der Waals surface area contributed by atoms with E-state index in [9.17, 15) is 13.2 Å². The lowest BCUT2D eigenvalue weighted by molar-refractivity contribution is 0.0698. The van der Waals surface area contributed by atoms with Gasteiger partial charge in [-0.2, -0.15) is 0 Å². The summed E-state index contributed by atoms with van der Waals surface area (Å²) >= 11 is 0. The summed E-state index contributed by atoms with van der Waals surface area (Å²) < 4.78 is 29.7. The predicted octanol–water partition coefficient (Wildman–Crippen LogP) is 0.354. The quantitative estimate of drug-likeness (QED) is 0.669. The van der Waals surface area contributed by atoms with E-state index in [0.717, 1.165) is 0 Å². The van der Waals surface area contributed by atoms with Crippen molar-refractivity contribution < 1.29 is 23.1 Å². The first-order valence-electron chi connectivity index (χ1n) is 5.46. The number of carbonyl (C=O) groups is 1. The highest BCUT2D eigenvalue weighted by molar-refractivity contribution is 7.89. The van der Waals surface area contributed by atoms with Crippen molar-refractivity contribution in [2.75, 3.05) is 31.8 Å². The number of nitrogens with one attached hydrogen (secondary N) is 2. The van der Waals surface area contributed by atoms with Gasteiger partial charge in [-0.3, -0.25) is 0 Å². The summed E-state index contributed by atoms with van der Waals surface area (Å²) in [7, 11) is -0.543. The summed E-state index contributed by atoms with van der Waals surface area (Å²) in [5.41, 5.74) is 0.376.